The number of imidazole rings is 1. The van der Waals surface area contributed by atoms with Crippen LogP contribution in [0.25, 0.3) is 5.65 Å². The lowest BCUT2D eigenvalue weighted by Gasteiger charge is -2.31. The fourth-order valence-electron chi connectivity index (χ4n) is 3.71. The first-order valence-corrected chi connectivity index (χ1v) is 9.13. The molecule has 0 unspecified atom stereocenters. The summed E-state index contributed by atoms with van der Waals surface area (Å²) in [6.45, 7) is 1.19. The molecule has 3 rings (SSSR count). The van der Waals surface area contributed by atoms with Gasteiger partial charge in [-0.3, -0.25) is 9.79 Å². The van der Waals surface area contributed by atoms with Gasteiger partial charge in [0.2, 0.25) is 5.91 Å². The number of carbonyl (C=O) groups excluding carboxylic acids is 1. The van der Waals surface area contributed by atoms with Crippen molar-refractivity contribution in [1.29, 1.82) is 0 Å². The Morgan fingerprint density at radius 3 is 2.73 bits per heavy atom. The van der Waals surface area contributed by atoms with Crippen LogP contribution in [0.2, 0.25) is 0 Å². The van der Waals surface area contributed by atoms with Gasteiger partial charge in [-0.15, -0.1) is 0 Å². The minimum absolute atomic E-state index is 0.207. The highest BCUT2D eigenvalue weighted by Gasteiger charge is 2.42. The summed E-state index contributed by atoms with van der Waals surface area (Å²) in [6, 6.07) is 5.94. The third-order valence-electron chi connectivity index (χ3n) is 5.09. The zero-order valence-electron chi connectivity index (χ0n) is 15.8. The van der Waals surface area contributed by atoms with Gasteiger partial charge < -0.3 is 19.9 Å². The molecule has 0 aromatic carbocycles. The van der Waals surface area contributed by atoms with Crippen molar-refractivity contribution in [3.8, 4) is 0 Å². The molecule has 1 amide bonds. The highest BCUT2D eigenvalue weighted by atomic mass is 16.2. The molecule has 1 fully saturated rings. The van der Waals surface area contributed by atoms with Crippen molar-refractivity contribution in [2.45, 2.75) is 32.2 Å². The van der Waals surface area contributed by atoms with E-state index in [-0.39, 0.29) is 11.3 Å². The molecule has 0 spiro atoms. The van der Waals surface area contributed by atoms with Crippen molar-refractivity contribution < 1.29 is 4.79 Å². The second-order valence-corrected chi connectivity index (χ2v) is 7.16. The minimum atomic E-state index is -0.315. The average Bonchev–Trinajstić information content (AvgIpc) is 3.28. The number of amides is 1. The van der Waals surface area contributed by atoms with E-state index in [1.807, 2.05) is 49.1 Å². The normalized spacial score (nSPS) is 16.7. The Morgan fingerprint density at radius 1 is 1.31 bits per heavy atom. The number of hydrogen-bond acceptors (Lipinski definition) is 3. The van der Waals surface area contributed by atoms with Crippen LogP contribution < -0.4 is 10.6 Å². The van der Waals surface area contributed by atoms with Gasteiger partial charge in [0.25, 0.3) is 0 Å². The maximum atomic E-state index is 12.7. The number of guanidine groups is 1. The number of aromatic nitrogens is 2. The van der Waals surface area contributed by atoms with Crippen molar-refractivity contribution >= 4 is 17.5 Å². The quantitative estimate of drug-likeness (QED) is 0.631. The summed E-state index contributed by atoms with van der Waals surface area (Å²) in [7, 11) is 5.41. The lowest BCUT2D eigenvalue weighted by atomic mass is 9.84. The van der Waals surface area contributed by atoms with Gasteiger partial charge in [-0.1, -0.05) is 18.9 Å². The van der Waals surface area contributed by atoms with E-state index in [9.17, 15) is 4.79 Å². The molecule has 2 heterocycles. The van der Waals surface area contributed by atoms with Crippen LogP contribution in [0.4, 0.5) is 0 Å². The average molecular weight is 356 g/mol. The third kappa shape index (κ3) is 3.81. The van der Waals surface area contributed by atoms with Gasteiger partial charge in [-0.2, -0.15) is 0 Å². The molecule has 26 heavy (non-hydrogen) atoms. The fourth-order valence-corrected chi connectivity index (χ4v) is 3.71. The molecule has 7 nitrogen and oxygen atoms in total. The van der Waals surface area contributed by atoms with Crippen LogP contribution in [0.1, 0.15) is 31.4 Å². The Morgan fingerprint density at radius 2 is 2.08 bits per heavy atom. The first kappa shape index (κ1) is 18.2. The maximum absolute atomic E-state index is 12.7. The lowest BCUT2D eigenvalue weighted by molar-refractivity contribution is -0.138. The number of hydrogen-bond donors (Lipinski definition) is 2. The molecule has 1 aliphatic carbocycles. The largest absolute Gasteiger partial charge is 0.355 e. The third-order valence-corrected chi connectivity index (χ3v) is 5.09. The molecular weight excluding hydrogens is 328 g/mol. The second kappa shape index (κ2) is 7.76. The summed E-state index contributed by atoms with van der Waals surface area (Å²) < 4.78 is 2.00. The number of aliphatic imine (C=N–C) groups is 1. The van der Waals surface area contributed by atoms with Crippen LogP contribution >= 0.6 is 0 Å². The summed E-state index contributed by atoms with van der Waals surface area (Å²) in [5.74, 6) is 0.901. The zero-order chi connectivity index (χ0) is 18.6. The minimum Gasteiger partial charge on any atom is -0.355 e. The first-order valence-electron chi connectivity index (χ1n) is 9.13. The fraction of sp³-hybridized carbons (Fsp3) is 0.526. The molecule has 1 aliphatic rings. The van der Waals surface area contributed by atoms with Crippen molar-refractivity contribution in [2.75, 3.05) is 27.7 Å². The van der Waals surface area contributed by atoms with Gasteiger partial charge in [0, 0.05) is 40.1 Å². The molecule has 0 aliphatic heterocycles. The summed E-state index contributed by atoms with van der Waals surface area (Å²) in [4.78, 5) is 23.2. The summed E-state index contributed by atoms with van der Waals surface area (Å²) in [6.07, 6.45) is 8.06. The van der Waals surface area contributed by atoms with E-state index < -0.39 is 0 Å². The van der Waals surface area contributed by atoms with E-state index >= 15 is 0 Å². The summed E-state index contributed by atoms with van der Waals surface area (Å²) >= 11 is 0. The van der Waals surface area contributed by atoms with E-state index in [1.54, 1.807) is 11.9 Å². The number of rotatable bonds is 5. The number of pyridine rings is 1. The molecule has 0 bridgehead atoms. The topological polar surface area (TPSA) is 74.0 Å². The molecule has 2 aromatic heterocycles. The van der Waals surface area contributed by atoms with Gasteiger partial charge in [0.15, 0.2) is 5.96 Å². The van der Waals surface area contributed by atoms with Gasteiger partial charge in [0.1, 0.15) is 5.65 Å². The molecular formula is C19H28N6O. The zero-order valence-corrected chi connectivity index (χ0v) is 15.8. The number of nitrogens with one attached hydrogen (secondary N) is 2. The number of nitrogens with zero attached hydrogens (tertiary/aromatic N) is 4. The van der Waals surface area contributed by atoms with Crippen LogP contribution in [0.5, 0.6) is 0 Å². The van der Waals surface area contributed by atoms with Gasteiger partial charge >= 0.3 is 0 Å². The van der Waals surface area contributed by atoms with Crippen LogP contribution in [0, 0.1) is 5.41 Å². The standard InChI is InChI=1S/C19H28N6O/c1-20-18(21-12-15-13-25-11-7-4-8-16(25)23-15)22-14-19(9-5-6-10-19)17(26)24(2)3/h4,7-8,11,13H,5-6,9-10,12,14H2,1-3H3,(H2,20,21,22). The van der Waals surface area contributed by atoms with Crippen molar-refractivity contribution in [3.05, 3.63) is 36.3 Å². The first-order chi connectivity index (χ1) is 12.5. The Labute approximate surface area is 154 Å². The lowest BCUT2D eigenvalue weighted by Crippen LogP contribution is -2.49. The SMILES string of the molecule is CN=C(NCc1cn2ccccc2n1)NCC1(C(=O)N(C)C)CCCC1. The smallest absolute Gasteiger partial charge is 0.230 e. The van der Waals surface area contributed by atoms with Crippen LogP contribution in [0.3, 0.4) is 0 Å². The second-order valence-electron chi connectivity index (χ2n) is 7.16. The summed E-state index contributed by atoms with van der Waals surface area (Å²) in [5, 5.41) is 6.64. The van der Waals surface area contributed by atoms with Gasteiger partial charge in [-0.05, 0) is 25.0 Å². The van der Waals surface area contributed by atoms with Crippen molar-refractivity contribution in [2.24, 2.45) is 10.4 Å². The van der Waals surface area contributed by atoms with Gasteiger partial charge in [-0.25, -0.2) is 4.98 Å². The summed E-state index contributed by atoms with van der Waals surface area (Å²) in [5.41, 5.74) is 1.55. The molecule has 2 aromatic rings. The number of fused-ring (bicyclic) bond motifs is 1. The molecule has 7 heteroatoms. The van der Waals surface area contributed by atoms with E-state index in [4.69, 9.17) is 0 Å². The van der Waals surface area contributed by atoms with Crippen LogP contribution in [-0.2, 0) is 11.3 Å². The molecule has 0 radical (unpaired) electrons. The molecule has 1 saturated carbocycles. The van der Waals surface area contributed by atoms with E-state index in [0.717, 1.165) is 37.0 Å². The van der Waals surface area contributed by atoms with Crippen LogP contribution in [0.15, 0.2) is 35.6 Å². The van der Waals surface area contributed by atoms with E-state index in [1.165, 1.54) is 0 Å². The predicted octanol–water partition coefficient (Wildman–Crippen LogP) is 1.65. The maximum Gasteiger partial charge on any atom is 0.230 e. The molecule has 140 valence electrons. The molecule has 2 N–H and O–H groups in total. The van der Waals surface area contributed by atoms with Crippen LogP contribution in [-0.4, -0.2) is 53.8 Å². The van der Waals surface area contributed by atoms with Gasteiger partial charge in [0.05, 0.1) is 17.7 Å². The van der Waals surface area contributed by atoms with E-state index in [2.05, 4.69) is 20.6 Å². The Balaban J connectivity index is 1.59. The Kier molecular flexibility index (Phi) is 5.44. The Hall–Kier alpha value is -2.57. The van der Waals surface area contributed by atoms with Crippen molar-refractivity contribution in [1.82, 2.24) is 24.9 Å². The molecule has 0 atom stereocenters. The predicted molar refractivity (Wildman–Crippen MR) is 103 cm³/mol. The Bertz CT molecular complexity index is 755. The van der Waals surface area contributed by atoms with Crippen molar-refractivity contribution in [3.63, 3.8) is 0 Å². The number of carbonyl (C=O) groups is 1. The highest BCUT2D eigenvalue weighted by molar-refractivity contribution is 5.85. The molecule has 0 saturated heterocycles. The highest BCUT2D eigenvalue weighted by Crippen LogP contribution is 2.38. The monoisotopic (exact) mass is 356 g/mol. The van der Waals surface area contributed by atoms with E-state index in [0.29, 0.717) is 19.0 Å².